The minimum absolute atomic E-state index is 0.102. The van der Waals surface area contributed by atoms with Gasteiger partial charge in [-0.15, -0.1) is 0 Å². The Bertz CT molecular complexity index is 1170. The Morgan fingerprint density at radius 1 is 0.811 bits per heavy atom. The van der Waals surface area contributed by atoms with Gasteiger partial charge in [0.05, 0.1) is 20.6 Å². The van der Waals surface area contributed by atoms with Crippen molar-refractivity contribution in [3.05, 3.63) is 94.5 Å². The van der Waals surface area contributed by atoms with Crippen LogP contribution in [0, 0.1) is 0 Å². The van der Waals surface area contributed by atoms with Gasteiger partial charge in [-0.05, 0) is 52.4 Å². The maximum absolute atomic E-state index is 12.3. The van der Waals surface area contributed by atoms with E-state index in [-0.39, 0.29) is 18.9 Å². The van der Waals surface area contributed by atoms with Crippen molar-refractivity contribution in [2.24, 2.45) is 0 Å². The highest BCUT2D eigenvalue weighted by Gasteiger charge is 2.13. The maximum atomic E-state index is 12.3. The second-order valence-electron chi connectivity index (χ2n) is 9.33. The van der Waals surface area contributed by atoms with Gasteiger partial charge in [-0.25, -0.2) is 0 Å². The zero-order chi connectivity index (χ0) is 26.8. The number of rotatable bonds is 13. The molecule has 0 aromatic heterocycles. The van der Waals surface area contributed by atoms with Crippen molar-refractivity contribution in [2.75, 3.05) is 20.8 Å². The third-order valence-corrected chi connectivity index (χ3v) is 6.15. The zero-order valence-corrected chi connectivity index (χ0v) is 22.0. The molecule has 2 N–H and O–H groups in total. The molecule has 0 bridgehead atoms. The summed E-state index contributed by atoms with van der Waals surface area (Å²) in [5.74, 6) is 0.653. The molecule has 7 nitrogen and oxygen atoms in total. The number of hydrogen-bond acceptors (Lipinski definition) is 5. The number of ether oxygens (including phenoxy) is 2. The van der Waals surface area contributed by atoms with Gasteiger partial charge in [0.2, 0.25) is 0 Å². The molecule has 0 aliphatic carbocycles. The number of nitrogens with zero attached hydrogens (tertiary/aromatic N) is 1. The predicted octanol–water partition coefficient (Wildman–Crippen LogP) is 5.23. The first-order valence-corrected chi connectivity index (χ1v) is 12.4. The molecule has 196 valence electrons. The van der Waals surface area contributed by atoms with E-state index in [9.17, 15) is 9.59 Å². The van der Waals surface area contributed by atoms with Crippen LogP contribution in [-0.2, 0) is 24.4 Å². The maximum Gasteiger partial charge on any atom is 0.305 e. The van der Waals surface area contributed by atoms with Crippen molar-refractivity contribution in [2.45, 2.75) is 45.8 Å². The number of benzene rings is 3. The Morgan fingerprint density at radius 2 is 1.35 bits per heavy atom. The second-order valence-corrected chi connectivity index (χ2v) is 9.33. The first-order valence-electron chi connectivity index (χ1n) is 12.4. The van der Waals surface area contributed by atoms with Crippen LogP contribution in [0.1, 0.15) is 58.8 Å². The highest BCUT2D eigenvalue weighted by Crippen LogP contribution is 2.28. The molecule has 0 heterocycles. The Labute approximate surface area is 219 Å². The van der Waals surface area contributed by atoms with Gasteiger partial charge in [-0.1, -0.05) is 56.3 Å². The van der Waals surface area contributed by atoms with Crippen molar-refractivity contribution in [3.63, 3.8) is 0 Å². The highest BCUT2D eigenvalue weighted by molar-refractivity contribution is 5.94. The average molecular weight is 505 g/mol. The fraction of sp³-hybridized carbons (Fsp3) is 0.333. The molecular formula is C30H36N2O5. The fourth-order valence-corrected chi connectivity index (χ4v) is 4.08. The van der Waals surface area contributed by atoms with E-state index in [2.05, 4.69) is 48.3 Å². The highest BCUT2D eigenvalue weighted by atomic mass is 16.5. The fourth-order valence-electron chi connectivity index (χ4n) is 4.08. The predicted molar refractivity (Wildman–Crippen MR) is 144 cm³/mol. The summed E-state index contributed by atoms with van der Waals surface area (Å²) < 4.78 is 10.9. The third kappa shape index (κ3) is 8.36. The molecule has 0 radical (unpaired) electrons. The lowest BCUT2D eigenvalue weighted by Gasteiger charge is -2.24. The summed E-state index contributed by atoms with van der Waals surface area (Å²) in [6, 6.07) is 22.1. The van der Waals surface area contributed by atoms with Gasteiger partial charge in [0.1, 0.15) is 0 Å². The van der Waals surface area contributed by atoms with Crippen LogP contribution in [0.15, 0.2) is 66.7 Å². The summed E-state index contributed by atoms with van der Waals surface area (Å²) in [5.41, 5.74) is 5.21. The molecule has 3 aromatic rings. The molecule has 3 aromatic carbocycles. The van der Waals surface area contributed by atoms with E-state index in [4.69, 9.17) is 14.6 Å². The number of aliphatic carboxylic acids is 1. The molecule has 0 saturated carbocycles. The van der Waals surface area contributed by atoms with E-state index in [0.29, 0.717) is 36.1 Å². The minimum Gasteiger partial charge on any atom is -0.493 e. The van der Waals surface area contributed by atoms with Gasteiger partial charge in [0.15, 0.2) is 11.5 Å². The zero-order valence-electron chi connectivity index (χ0n) is 22.0. The van der Waals surface area contributed by atoms with Crippen LogP contribution in [-0.4, -0.2) is 42.6 Å². The van der Waals surface area contributed by atoms with Gasteiger partial charge in [0.25, 0.3) is 5.91 Å². The van der Waals surface area contributed by atoms with Gasteiger partial charge < -0.3 is 19.9 Å². The van der Waals surface area contributed by atoms with E-state index >= 15 is 0 Å². The summed E-state index contributed by atoms with van der Waals surface area (Å²) >= 11 is 0. The number of carboxylic acids is 1. The molecule has 0 aliphatic heterocycles. The molecule has 7 heteroatoms. The quantitative estimate of drug-likeness (QED) is 0.331. The molecule has 3 rings (SSSR count). The number of carboxylic acid groups (broad SMARTS) is 1. The smallest absolute Gasteiger partial charge is 0.305 e. The van der Waals surface area contributed by atoms with Crippen LogP contribution in [0.2, 0.25) is 0 Å². The van der Waals surface area contributed by atoms with Crippen LogP contribution < -0.4 is 14.8 Å². The lowest BCUT2D eigenvalue weighted by molar-refractivity contribution is -0.136. The monoisotopic (exact) mass is 504 g/mol. The van der Waals surface area contributed by atoms with Crippen LogP contribution in [0.3, 0.4) is 0 Å². The van der Waals surface area contributed by atoms with Crippen molar-refractivity contribution in [1.82, 2.24) is 10.2 Å². The molecule has 0 atom stereocenters. The normalized spacial score (nSPS) is 11.0. The number of methoxy groups -OCH3 is 2. The molecule has 0 unspecified atom stereocenters. The van der Waals surface area contributed by atoms with E-state index in [1.54, 1.807) is 26.4 Å². The Hall–Kier alpha value is -3.84. The minimum atomic E-state index is -0.941. The average Bonchev–Trinajstić information content (AvgIpc) is 2.89. The number of hydrogen-bond donors (Lipinski definition) is 2. The molecule has 0 spiro atoms. The van der Waals surface area contributed by atoms with Crippen molar-refractivity contribution >= 4 is 11.9 Å². The van der Waals surface area contributed by atoms with Gasteiger partial charge in [0, 0.05) is 31.7 Å². The molecule has 0 saturated heterocycles. The van der Waals surface area contributed by atoms with Gasteiger partial charge >= 0.3 is 5.97 Å². The van der Waals surface area contributed by atoms with Crippen LogP contribution in [0.4, 0.5) is 0 Å². The van der Waals surface area contributed by atoms with Crippen LogP contribution in [0.5, 0.6) is 11.5 Å². The van der Waals surface area contributed by atoms with Crippen molar-refractivity contribution < 1.29 is 24.2 Å². The lowest BCUT2D eigenvalue weighted by Crippen LogP contribution is -2.26. The first-order chi connectivity index (χ1) is 17.8. The van der Waals surface area contributed by atoms with Crippen molar-refractivity contribution in [1.29, 1.82) is 0 Å². The standard InChI is InChI=1S/C30H36N2O5/c1-21(2)25-10-5-22(6-11-25)18-32(20-24-9-14-27(36-3)28(17-24)37-4)19-23-7-12-26(13-8-23)30(35)31-16-15-29(33)34/h5-14,17,21H,15-16,18-20H2,1-4H3,(H,31,35)(H,33,34). The largest absolute Gasteiger partial charge is 0.493 e. The van der Waals surface area contributed by atoms with E-state index < -0.39 is 5.97 Å². The van der Waals surface area contributed by atoms with Crippen LogP contribution >= 0.6 is 0 Å². The molecule has 1 amide bonds. The summed E-state index contributed by atoms with van der Waals surface area (Å²) in [6.45, 7) is 6.61. The molecule has 0 aliphatic rings. The van der Waals surface area contributed by atoms with E-state index in [0.717, 1.165) is 17.7 Å². The third-order valence-electron chi connectivity index (χ3n) is 6.15. The topological polar surface area (TPSA) is 88.1 Å². The van der Waals surface area contributed by atoms with E-state index in [1.807, 2.05) is 30.3 Å². The number of amides is 1. The Morgan fingerprint density at radius 3 is 1.89 bits per heavy atom. The van der Waals surface area contributed by atoms with Gasteiger partial charge in [-0.2, -0.15) is 0 Å². The summed E-state index contributed by atoms with van der Waals surface area (Å²) in [5, 5.41) is 11.4. The Balaban J connectivity index is 1.76. The van der Waals surface area contributed by atoms with Gasteiger partial charge in [-0.3, -0.25) is 14.5 Å². The first kappa shape index (κ1) is 27.7. The molecular weight excluding hydrogens is 468 g/mol. The molecule has 37 heavy (non-hydrogen) atoms. The number of carbonyl (C=O) groups is 2. The number of nitrogens with one attached hydrogen (secondary N) is 1. The second kappa shape index (κ2) is 13.5. The Kier molecular flexibility index (Phi) is 10.1. The molecule has 0 fully saturated rings. The summed E-state index contributed by atoms with van der Waals surface area (Å²) in [6.07, 6.45) is -0.104. The lowest BCUT2D eigenvalue weighted by atomic mass is 10.0. The van der Waals surface area contributed by atoms with Crippen molar-refractivity contribution in [3.8, 4) is 11.5 Å². The van der Waals surface area contributed by atoms with Crippen LogP contribution in [0.25, 0.3) is 0 Å². The summed E-state index contributed by atoms with van der Waals surface area (Å²) in [4.78, 5) is 25.3. The number of carbonyl (C=O) groups excluding carboxylic acids is 1. The van der Waals surface area contributed by atoms with E-state index in [1.165, 1.54) is 11.1 Å². The SMILES string of the molecule is COc1ccc(CN(Cc2ccc(C(=O)NCCC(=O)O)cc2)Cc2ccc(C(C)C)cc2)cc1OC. The summed E-state index contributed by atoms with van der Waals surface area (Å²) in [7, 11) is 3.26.